The molecule has 1 fully saturated rings. The van der Waals surface area contributed by atoms with Crippen LogP contribution in [0.4, 0.5) is 0 Å². The minimum absolute atomic E-state index is 0.0431. The molecule has 4 rings (SSSR count). The summed E-state index contributed by atoms with van der Waals surface area (Å²) in [5, 5.41) is 13.8. The van der Waals surface area contributed by atoms with Crippen molar-refractivity contribution < 1.29 is 9.90 Å². The van der Waals surface area contributed by atoms with E-state index >= 15 is 0 Å². The van der Waals surface area contributed by atoms with Gasteiger partial charge in [0.1, 0.15) is 0 Å². The van der Waals surface area contributed by atoms with Crippen LogP contribution in [-0.4, -0.2) is 56.8 Å². The summed E-state index contributed by atoms with van der Waals surface area (Å²) in [5.41, 5.74) is 3.59. The lowest BCUT2D eigenvalue weighted by Crippen LogP contribution is -2.48. The fourth-order valence-electron chi connectivity index (χ4n) is 3.65. The number of rotatable bonds is 5. The van der Waals surface area contributed by atoms with E-state index < -0.39 is 0 Å². The Balaban J connectivity index is 1.43. The number of aromatic nitrogens is 2. The van der Waals surface area contributed by atoms with Crippen molar-refractivity contribution in [1.82, 2.24) is 19.6 Å². The van der Waals surface area contributed by atoms with Gasteiger partial charge in [0.2, 0.25) is 0 Å². The maximum absolute atomic E-state index is 13.1. The lowest BCUT2D eigenvalue weighted by atomic mass is 10.1. The predicted molar refractivity (Wildman–Crippen MR) is 107 cm³/mol. The molecule has 0 saturated carbocycles. The van der Waals surface area contributed by atoms with Crippen molar-refractivity contribution in [2.45, 2.75) is 13.2 Å². The molecular weight excluding hydrogens is 352 g/mol. The molecule has 0 radical (unpaired) electrons. The van der Waals surface area contributed by atoms with Crippen molar-refractivity contribution >= 4 is 5.91 Å². The molecule has 0 aliphatic carbocycles. The number of benzene rings is 2. The van der Waals surface area contributed by atoms with Crippen molar-refractivity contribution in [1.29, 1.82) is 0 Å². The molecule has 1 aromatic heterocycles. The fourth-order valence-corrected chi connectivity index (χ4v) is 3.65. The normalized spacial score (nSPS) is 15.0. The Morgan fingerprint density at radius 2 is 1.64 bits per heavy atom. The molecule has 0 unspecified atom stereocenters. The van der Waals surface area contributed by atoms with E-state index in [9.17, 15) is 9.90 Å². The largest absolute Gasteiger partial charge is 0.392 e. The quantitative estimate of drug-likeness (QED) is 0.742. The third-order valence-corrected chi connectivity index (χ3v) is 5.23. The first-order valence-electron chi connectivity index (χ1n) is 9.54. The maximum Gasteiger partial charge on any atom is 0.256 e. The van der Waals surface area contributed by atoms with Gasteiger partial charge in [0.05, 0.1) is 17.9 Å². The van der Waals surface area contributed by atoms with Gasteiger partial charge in [-0.25, -0.2) is 4.68 Å². The molecule has 28 heavy (non-hydrogen) atoms. The molecule has 0 bridgehead atoms. The molecule has 1 aliphatic heterocycles. The van der Waals surface area contributed by atoms with Crippen LogP contribution in [0.25, 0.3) is 5.69 Å². The fraction of sp³-hybridized carbons (Fsp3) is 0.273. The van der Waals surface area contributed by atoms with Crippen LogP contribution in [0, 0.1) is 0 Å². The topological polar surface area (TPSA) is 61.6 Å². The summed E-state index contributed by atoms with van der Waals surface area (Å²) in [6.07, 6.45) is 3.56. The first-order valence-corrected chi connectivity index (χ1v) is 9.54. The number of aliphatic hydroxyl groups is 1. The number of para-hydroxylation sites is 1. The van der Waals surface area contributed by atoms with Gasteiger partial charge in [-0.05, 0) is 29.3 Å². The van der Waals surface area contributed by atoms with E-state index in [0.717, 1.165) is 36.4 Å². The van der Waals surface area contributed by atoms with Gasteiger partial charge in [0.25, 0.3) is 5.91 Å². The lowest BCUT2D eigenvalue weighted by molar-refractivity contribution is 0.0627. The molecule has 3 aromatic rings. The molecule has 1 amide bonds. The summed E-state index contributed by atoms with van der Waals surface area (Å²) in [6, 6.07) is 17.4. The molecule has 1 saturated heterocycles. The van der Waals surface area contributed by atoms with Gasteiger partial charge in [-0.3, -0.25) is 9.69 Å². The monoisotopic (exact) mass is 376 g/mol. The highest BCUT2D eigenvalue weighted by Crippen LogP contribution is 2.18. The first kappa shape index (κ1) is 18.4. The molecule has 0 atom stereocenters. The Morgan fingerprint density at radius 3 is 2.36 bits per heavy atom. The number of piperazine rings is 1. The second-order valence-corrected chi connectivity index (χ2v) is 6.96. The van der Waals surface area contributed by atoms with Crippen molar-refractivity contribution in [2.24, 2.45) is 0 Å². The van der Waals surface area contributed by atoms with Crippen LogP contribution in [-0.2, 0) is 13.2 Å². The second-order valence-electron chi connectivity index (χ2n) is 6.96. The maximum atomic E-state index is 13.1. The minimum atomic E-state index is 0.0431. The third-order valence-electron chi connectivity index (χ3n) is 5.23. The van der Waals surface area contributed by atoms with Crippen LogP contribution in [0.3, 0.4) is 0 Å². The zero-order valence-electron chi connectivity index (χ0n) is 15.7. The second kappa shape index (κ2) is 8.37. The van der Waals surface area contributed by atoms with Crippen LogP contribution in [0.1, 0.15) is 21.5 Å². The number of carbonyl (C=O) groups excluding carboxylic acids is 1. The van der Waals surface area contributed by atoms with Gasteiger partial charge in [-0.2, -0.15) is 5.10 Å². The van der Waals surface area contributed by atoms with Crippen LogP contribution >= 0.6 is 0 Å². The SMILES string of the molecule is O=C(c1ccccc1-n1cccn1)N1CCN(Cc2ccccc2CO)CC1. The van der Waals surface area contributed by atoms with E-state index in [0.29, 0.717) is 18.7 Å². The number of aliphatic hydroxyl groups excluding tert-OH is 1. The predicted octanol–water partition coefficient (Wildman–Crippen LogP) is 2.32. The van der Waals surface area contributed by atoms with E-state index in [2.05, 4.69) is 16.1 Å². The van der Waals surface area contributed by atoms with E-state index in [4.69, 9.17) is 0 Å². The molecule has 6 nitrogen and oxygen atoms in total. The zero-order chi connectivity index (χ0) is 19.3. The highest BCUT2D eigenvalue weighted by atomic mass is 16.3. The Hall–Kier alpha value is -2.96. The molecule has 6 heteroatoms. The van der Waals surface area contributed by atoms with Crippen molar-refractivity contribution in [3.8, 4) is 5.69 Å². The molecule has 1 aliphatic rings. The van der Waals surface area contributed by atoms with Crippen LogP contribution < -0.4 is 0 Å². The van der Waals surface area contributed by atoms with Crippen LogP contribution in [0.5, 0.6) is 0 Å². The Labute approximate surface area is 164 Å². The Bertz CT molecular complexity index is 931. The van der Waals surface area contributed by atoms with E-state index in [1.165, 1.54) is 0 Å². The van der Waals surface area contributed by atoms with E-state index in [1.54, 1.807) is 10.9 Å². The summed E-state index contributed by atoms with van der Waals surface area (Å²) < 4.78 is 1.73. The lowest BCUT2D eigenvalue weighted by Gasteiger charge is -2.35. The first-order chi connectivity index (χ1) is 13.8. The van der Waals surface area contributed by atoms with Crippen LogP contribution in [0.2, 0.25) is 0 Å². The number of amides is 1. The van der Waals surface area contributed by atoms with Crippen LogP contribution in [0.15, 0.2) is 67.0 Å². The highest BCUT2D eigenvalue weighted by Gasteiger charge is 2.24. The Kier molecular flexibility index (Phi) is 5.50. The van der Waals surface area contributed by atoms with E-state index in [1.807, 2.05) is 59.6 Å². The summed E-state index contributed by atoms with van der Waals surface area (Å²) in [7, 11) is 0. The van der Waals surface area contributed by atoms with Gasteiger partial charge in [-0.15, -0.1) is 0 Å². The van der Waals surface area contributed by atoms with E-state index in [-0.39, 0.29) is 12.5 Å². The highest BCUT2D eigenvalue weighted by molar-refractivity contribution is 5.97. The summed E-state index contributed by atoms with van der Waals surface area (Å²) in [6.45, 7) is 3.85. The third kappa shape index (κ3) is 3.83. The van der Waals surface area contributed by atoms with Crippen molar-refractivity contribution in [3.05, 3.63) is 83.7 Å². The summed E-state index contributed by atoms with van der Waals surface area (Å²) >= 11 is 0. The standard InChI is InChI=1S/C22H24N4O2/c27-17-19-7-2-1-6-18(19)16-24-12-14-25(15-13-24)22(28)20-8-3-4-9-21(20)26-11-5-10-23-26/h1-11,27H,12-17H2. The van der Waals surface area contributed by atoms with Crippen molar-refractivity contribution in [3.63, 3.8) is 0 Å². The smallest absolute Gasteiger partial charge is 0.256 e. The molecule has 2 heterocycles. The molecule has 144 valence electrons. The van der Waals surface area contributed by atoms with Gasteiger partial charge in [0.15, 0.2) is 0 Å². The van der Waals surface area contributed by atoms with Gasteiger partial charge < -0.3 is 10.0 Å². The molecular formula is C22H24N4O2. The number of carbonyl (C=O) groups is 1. The summed E-state index contributed by atoms with van der Waals surface area (Å²) in [5.74, 6) is 0.0431. The number of nitrogens with zero attached hydrogens (tertiary/aromatic N) is 4. The number of hydrogen-bond acceptors (Lipinski definition) is 4. The zero-order valence-corrected chi connectivity index (χ0v) is 15.7. The average molecular weight is 376 g/mol. The minimum Gasteiger partial charge on any atom is -0.392 e. The Morgan fingerprint density at radius 1 is 0.929 bits per heavy atom. The summed E-state index contributed by atoms with van der Waals surface area (Å²) in [4.78, 5) is 17.4. The van der Waals surface area contributed by atoms with Gasteiger partial charge in [0, 0.05) is 45.1 Å². The average Bonchev–Trinajstić information content (AvgIpc) is 3.29. The van der Waals surface area contributed by atoms with Crippen molar-refractivity contribution in [2.75, 3.05) is 26.2 Å². The molecule has 1 N–H and O–H groups in total. The van der Waals surface area contributed by atoms with Gasteiger partial charge >= 0.3 is 0 Å². The van der Waals surface area contributed by atoms with Gasteiger partial charge in [-0.1, -0.05) is 36.4 Å². The molecule has 0 spiro atoms. The number of hydrogen-bond donors (Lipinski definition) is 1. The molecule has 2 aromatic carbocycles.